The number of hydrogen-bond acceptors (Lipinski definition) is 5. The summed E-state index contributed by atoms with van der Waals surface area (Å²) in [6.07, 6.45) is 1.79. The van der Waals surface area contributed by atoms with Crippen LogP contribution in [0.2, 0.25) is 0 Å². The largest absolute Gasteiger partial charge is 0.383 e. The lowest BCUT2D eigenvalue weighted by Gasteiger charge is -2.28. The fraction of sp³-hybridized carbons (Fsp3) is 0.389. The summed E-state index contributed by atoms with van der Waals surface area (Å²) in [5.74, 6) is 0.0724. The number of aromatic nitrogens is 2. The minimum absolute atomic E-state index is 0.0513. The molecule has 0 amide bonds. The number of thiocarbonyl (C=S) groups is 1. The minimum Gasteiger partial charge on any atom is -0.383 e. The summed E-state index contributed by atoms with van der Waals surface area (Å²) in [7, 11) is 1.68. The molecule has 9 heteroatoms. The summed E-state index contributed by atoms with van der Waals surface area (Å²) in [5.41, 5.74) is 6.19. The molecule has 1 aliphatic heterocycles. The first-order chi connectivity index (χ1) is 13.0. The Morgan fingerprint density at radius 3 is 2.78 bits per heavy atom. The molecule has 0 spiro atoms. The fourth-order valence-corrected chi connectivity index (χ4v) is 3.33. The van der Waals surface area contributed by atoms with Crippen LogP contribution in [-0.4, -0.2) is 41.0 Å². The van der Waals surface area contributed by atoms with Gasteiger partial charge in [0.15, 0.2) is 10.8 Å². The predicted octanol–water partition coefficient (Wildman–Crippen LogP) is 0.657. The van der Waals surface area contributed by atoms with E-state index in [9.17, 15) is 9.59 Å². The van der Waals surface area contributed by atoms with E-state index in [0.29, 0.717) is 18.3 Å². The Morgan fingerprint density at radius 1 is 1.41 bits per heavy atom. The molecule has 0 aliphatic carbocycles. The molecule has 27 heavy (non-hydrogen) atoms. The van der Waals surface area contributed by atoms with Gasteiger partial charge in [-0.15, -0.1) is 0 Å². The number of nitrogen functional groups attached to an aromatic ring is 1. The molecule has 144 valence electrons. The zero-order valence-corrected chi connectivity index (χ0v) is 15.9. The van der Waals surface area contributed by atoms with Crippen molar-refractivity contribution in [1.82, 2.24) is 14.9 Å². The van der Waals surface area contributed by atoms with Crippen molar-refractivity contribution in [3.8, 4) is 0 Å². The first-order valence-corrected chi connectivity index (χ1v) is 9.19. The topological polar surface area (TPSA) is 105 Å². The number of hydrogen-bond donors (Lipinski definition) is 3. The third kappa shape index (κ3) is 4.20. The highest BCUT2D eigenvalue weighted by Crippen LogP contribution is 2.21. The zero-order chi connectivity index (χ0) is 19.4. The van der Waals surface area contributed by atoms with Crippen LogP contribution < -0.4 is 27.2 Å². The van der Waals surface area contributed by atoms with Crippen LogP contribution in [0.4, 0.5) is 11.5 Å². The minimum atomic E-state index is -0.572. The number of H-pyrrole nitrogens is 1. The Kier molecular flexibility index (Phi) is 5.92. The Bertz CT molecular complexity index is 919. The van der Waals surface area contributed by atoms with Gasteiger partial charge in [-0.1, -0.05) is 30.3 Å². The smallest absolute Gasteiger partial charge is 0.330 e. The maximum absolute atomic E-state index is 12.6. The second-order valence-corrected chi connectivity index (χ2v) is 6.75. The summed E-state index contributed by atoms with van der Waals surface area (Å²) < 4.78 is 7.02. The molecule has 0 bridgehead atoms. The molecule has 2 heterocycles. The van der Waals surface area contributed by atoms with Crippen molar-refractivity contribution in [2.45, 2.75) is 25.5 Å². The van der Waals surface area contributed by atoms with Gasteiger partial charge >= 0.3 is 5.69 Å². The SMILES string of the molecule is CNC(=S)N(C[C@H]1CCCO1)c1c(N)n(Cc2ccccc2)c(=O)[nH]c1=O. The summed E-state index contributed by atoms with van der Waals surface area (Å²) in [4.78, 5) is 28.9. The molecule has 1 fully saturated rings. The lowest BCUT2D eigenvalue weighted by atomic mass is 10.2. The standard InChI is InChI=1S/C18H23N5O3S/c1-20-18(27)22(11-13-8-5-9-26-13)14-15(19)23(17(25)21-16(14)24)10-12-6-3-2-4-7-12/h2-4,6-7,13H,5,8-11,19H2,1H3,(H,20,27)(H,21,24,25)/t13-/m1/s1. The Hall–Kier alpha value is -2.65. The highest BCUT2D eigenvalue weighted by Gasteiger charge is 2.26. The van der Waals surface area contributed by atoms with Crippen molar-refractivity contribution >= 4 is 28.8 Å². The molecule has 3 rings (SSSR count). The van der Waals surface area contributed by atoms with E-state index in [0.717, 1.165) is 18.4 Å². The number of aromatic amines is 1. The number of nitrogens with one attached hydrogen (secondary N) is 2. The molecule has 8 nitrogen and oxygen atoms in total. The number of benzene rings is 1. The van der Waals surface area contributed by atoms with Gasteiger partial charge in [0.25, 0.3) is 5.56 Å². The predicted molar refractivity (Wildman–Crippen MR) is 109 cm³/mol. The summed E-state index contributed by atoms with van der Waals surface area (Å²) >= 11 is 5.38. The monoisotopic (exact) mass is 389 g/mol. The highest BCUT2D eigenvalue weighted by molar-refractivity contribution is 7.80. The molecule has 1 aliphatic rings. The number of nitrogens with zero attached hydrogens (tertiary/aromatic N) is 2. The van der Waals surface area contributed by atoms with Crippen molar-refractivity contribution in [2.24, 2.45) is 0 Å². The lowest BCUT2D eigenvalue weighted by Crippen LogP contribution is -2.47. The van der Waals surface area contributed by atoms with Crippen LogP contribution in [0.1, 0.15) is 18.4 Å². The Balaban J connectivity index is 2.03. The molecule has 1 saturated heterocycles. The van der Waals surface area contributed by atoms with Crippen molar-refractivity contribution in [3.05, 3.63) is 56.7 Å². The summed E-state index contributed by atoms with van der Waals surface area (Å²) in [5, 5.41) is 3.22. The van der Waals surface area contributed by atoms with Crippen LogP contribution in [0.5, 0.6) is 0 Å². The van der Waals surface area contributed by atoms with Crippen molar-refractivity contribution < 1.29 is 4.74 Å². The molecule has 1 aromatic heterocycles. The van der Waals surface area contributed by atoms with Gasteiger partial charge in [0, 0.05) is 13.7 Å². The normalized spacial score (nSPS) is 16.3. The van der Waals surface area contributed by atoms with Crippen LogP contribution in [0.15, 0.2) is 39.9 Å². The Morgan fingerprint density at radius 2 is 2.15 bits per heavy atom. The van der Waals surface area contributed by atoms with Gasteiger partial charge in [-0.2, -0.15) is 0 Å². The third-order valence-corrected chi connectivity index (χ3v) is 4.96. The second kappa shape index (κ2) is 8.36. The van der Waals surface area contributed by atoms with Crippen LogP contribution >= 0.6 is 12.2 Å². The quantitative estimate of drug-likeness (QED) is 0.645. The van der Waals surface area contributed by atoms with Crippen molar-refractivity contribution in [1.29, 1.82) is 0 Å². The van der Waals surface area contributed by atoms with Crippen LogP contribution in [0.3, 0.4) is 0 Å². The van der Waals surface area contributed by atoms with Gasteiger partial charge in [-0.25, -0.2) is 4.79 Å². The Labute approximate surface area is 161 Å². The van der Waals surface area contributed by atoms with Gasteiger partial charge in [0.1, 0.15) is 5.82 Å². The first kappa shape index (κ1) is 19.1. The maximum Gasteiger partial charge on any atom is 0.330 e. The molecule has 0 unspecified atom stereocenters. The highest BCUT2D eigenvalue weighted by atomic mass is 32.1. The number of nitrogens with two attached hydrogens (primary N) is 1. The van der Waals surface area contributed by atoms with E-state index in [-0.39, 0.29) is 24.2 Å². The lowest BCUT2D eigenvalue weighted by molar-refractivity contribution is 0.118. The van der Waals surface area contributed by atoms with E-state index >= 15 is 0 Å². The second-order valence-electron chi connectivity index (χ2n) is 6.37. The van der Waals surface area contributed by atoms with E-state index in [1.807, 2.05) is 30.3 Å². The first-order valence-electron chi connectivity index (χ1n) is 8.78. The molecule has 0 saturated carbocycles. The van der Waals surface area contributed by atoms with Crippen molar-refractivity contribution in [3.63, 3.8) is 0 Å². The summed E-state index contributed by atoms with van der Waals surface area (Å²) in [6.45, 7) is 1.32. The molecular formula is C18H23N5O3S. The number of anilines is 2. The molecule has 1 aromatic carbocycles. The van der Waals surface area contributed by atoms with E-state index in [1.54, 1.807) is 11.9 Å². The molecule has 0 radical (unpaired) electrons. The van der Waals surface area contributed by atoms with Crippen molar-refractivity contribution in [2.75, 3.05) is 30.8 Å². The third-order valence-electron chi connectivity index (χ3n) is 4.54. The van der Waals surface area contributed by atoms with E-state index in [1.165, 1.54) is 4.57 Å². The zero-order valence-electron chi connectivity index (χ0n) is 15.1. The maximum atomic E-state index is 12.6. The molecular weight excluding hydrogens is 366 g/mol. The average Bonchev–Trinajstić information content (AvgIpc) is 3.17. The van der Waals surface area contributed by atoms with Crippen LogP contribution in [0, 0.1) is 0 Å². The van der Waals surface area contributed by atoms with Gasteiger partial charge in [-0.05, 0) is 30.6 Å². The van der Waals surface area contributed by atoms with Gasteiger partial charge < -0.3 is 20.7 Å². The van der Waals surface area contributed by atoms with Crippen LogP contribution in [-0.2, 0) is 11.3 Å². The number of ether oxygens (including phenoxy) is 1. The molecule has 1 atom stereocenters. The van der Waals surface area contributed by atoms with Gasteiger partial charge in [0.2, 0.25) is 0 Å². The van der Waals surface area contributed by atoms with E-state index in [2.05, 4.69) is 10.3 Å². The molecule has 4 N–H and O–H groups in total. The van der Waals surface area contributed by atoms with Crippen LogP contribution in [0.25, 0.3) is 0 Å². The van der Waals surface area contributed by atoms with E-state index in [4.69, 9.17) is 22.7 Å². The average molecular weight is 389 g/mol. The van der Waals surface area contributed by atoms with Gasteiger partial charge in [-0.3, -0.25) is 14.3 Å². The molecule has 2 aromatic rings. The fourth-order valence-electron chi connectivity index (χ4n) is 3.16. The summed E-state index contributed by atoms with van der Waals surface area (Å²) in [6, 6.07) is 9.42. The van der Waals surface area contributed by atoms with E-state index < -0.39 is 11.2 Å². The van der Waals surface area contributed by atoms with Gasteiger partial charge in [0.05, 0.1) is 19.2 Å². The number of rotatable bonds is 5.